The number of nitrogen functional groups attached to an aromatic ring is 1. The lowest BCUT2D eigenvalue weighted by Crippen LogP contribution is -2.10. The molecule has 27 heavy (non-hydrogen) atoms. The second-order valence-corrected chi connectivity index (χ2v) is 8.07. The Hall–Kier alpha value is -3.32. The first-order valence-corrected chi connectivity index (χ1v) is 10.2. The summed E-state index contributed by atoms with van der Waals surface area (Å²) in [7, 11) is -3.36. The van der Waals surface area contributed by atoms with Gasteiger partial charge in [0.2, 0.25) is 10.0 Å². The van der Waals surface area contributed by atoms with E-state index in [1.807, 2.05) is 48.5 Å². The minimum absolute atomic E-state index is 0.421. The molecule has 0 aliphatic heterocycles. The molecule has 1 aromatic heterocycles. The Morgan fingerprint density at radius 2 is 1.48 bits per heavy atom. The number of para-hydroxylation sites is 2. The van der Waals surface area contributed by atoms with E-state index in [-0.39, 0.29) is 0 Å². The molecular weight excluding hydrogens is 360 g/mol. The highest BCUT2D eigenvalue weighted by molar-refractivity contribution is 7.92. The SMILES string of the molecule is CS(=O)(=O)Nc1ccc(Nc2c3ccccc3nc3ccccc23)c(N)c1. The summed E-state index contributed by atoms with van der Waals surface area (Å²) in [5.74, 6) is 0. The Kier molecular flexibility index (Phi) is 4.08. The summed E-state index contributed by atoms with van der Waals surface area (Å²) in [6.45, 7) is 0. The highest BCUT2D eigenvalue weighted by Crippen LogP contribution is 2.35. The average Bonchev–Trinajstić information content (AvgIpc) is 2.62. The Morgan fingerprint density at radius 3 is 2.04 bits per heavy atom. The maximum atomic E-state index is 11.4. The molecule has 1 heterocycles. The van der Waals surface area contributed by atoms with E-state index in [0.29, 0.717) is 17.1 Å². The molecule has 3 aromatic carbocycles. The van der Waals surface area contributed by atoms with Crippen LogP contribution in [0, 0.1) is 0 Å². The van der Waals surface area contributed by atoms with E-state index in [1.165, 1.54) is 0 Å². The first-order valence-electron chi connectivity index (χ1n) is 8.32. The van der Waals surface area contributed by atoms with Gasteiger partial charge in [0.05, 0.1) is 40.0 Å². The van der Waals surface area contributed by atoms with Gasteiger partial charge in [0, 0.05) is 10.8 Å². The number of aromatic nitrogens is 1. The molecule has 4 rings (SSSR count). The van der Waals surface area contributed by atoms with Crippen LogP contribution in [0.15, 0.2) is 66.7 Å². The fourth-order valence-electron chi connectivity index (χ4n) is 3.06. The van der Waals surface area contributed by atoms with E-state index < -0.39 is 10.0 Å². The number of nitrogens with one attached hydrogen (secondary N) is 2. The van der Waals surface area contributed by atoms with Crippen molar-refractivity contribution in [1.82, 2.24) is 4.98 Å². The maximum Gasteiger partial charge on any atom is 0.229 e. The third-order valence-electron chi connectivity index (χ3n) is 4.20. The second-order valence-electron chi connectivity index (χ2n) is 6.32. The van der Waals surface area contributed by atoms with Gasteiger partial charge < -0.3 is 11.1 Å². The molecule has 0 saturated heterocycles. The monoisotopic (exact) mass is 378 g/mol. The standard InChI is InChI=1S/C20H18N4O2S/c1-27(25,26)24-13-10-11-19(16(21)12-13)23-20-14-6-2-4-8-17(14)22-18-9-5-3-7-15(18)20/h2-12,24H,21H2,1H3,(H,22,23). The van der Waals surface area contributed by atoms with Gasteiger partial charge >= 0.3 is 0 Å². The molecule has 7 heteroatoms. The van der Waals surface area contributed by atoms with Crippen molar-refractivity contribution in [2.45, 2.75) is 0 Å². The van der Waals surface area contributed by atoms with Crippen molar-refractivity contribution in [1.29, 1.82) is 0 Å². The van der Waals surface area contributed by atoms with Crippen molar-refractivity contribution < 1.29 is 8.42 Å². The zero-order valence-corrected chi connectivity index (χ0v) is 15.4. The third kappa shape index (κ3) is 3.50. The molecule has 0 spiro atoms. The van der Waals surface area contributed by atoms with Crippen LogP contribution in [-0.2, 0) is 10.0 Å². The Bertz CT molecular complexity index is 1220. The van der Waals surface area contributed by atoms with Gasteiger partial charge in [-0.3, -0.25) is 4.72 Å². The number of pyridine rings is 1. The van der Waals surface area contributed by atoms with Crippen molar-refractivity contribution in [3.05, 3.63) is 66.7 Å². The smallest absolute Gasteiger partial charge is 0.229 e. The van der Waals surface area contributed by atoms with E-state index in [9.17, 15) is 8.42 Å². The van der Waals surface area contributed by atoms with Crippen LogP contribution in [0.4, 0.5) is 22.7 Å². The molecule has 6 nitrogen and oxygen atoms in total. The molecular formula is C20H18N4O2S. The number of nitrogens with zero attached hydrogens (tertiary/aromatic N) is 1. The molecule has 0 aliphatic rings. The van der Waals surface area contributed by atoms with Crippen LogP contribution in [0.5, 0.6) is 0 Å². The Morgan fingerprint density at radius 1 is 0.889 bits per heavy atom. The van der Waals surface area contributed by atoms with Crippen molar-refractivity contribution in [2.24, 2.45) is 0 Å². The summed E-state index contributed by atoms with van der Waals surface area (Å²) in [6, 6.07) is 20.8. The predicted molar refractivity (Wildman–Crippen MR) is 112 cm³/mol. The molecule has 0 amide bonds. The summed E-state index contributed by atoms with van der Waals surface area (Å²) < 4.78 is 25.2. The topological polar surface area (TPSA) is 97.1 Å². The van der Waals surface area contributed by atoms with E-state index in [4.69, 9.17) is 10.7 Å². The van der Waals surface area contributed by atoms with Gasteiger partial charge in [0.1, 0.15) is 0 Å². The number of nitrogens with two attached hydrogens (primary N) is 1. The summed E-state index contributed by atoms with van der Waals surface area (Å²) >= 11 is 0. The van der Waals surface area contributed by atoms with Gasteiger partial charge in [-0.2, -0.15) is 0 Å². The molecule has 0 unspecified atom stereocenters. The summed E-state index contributed by atoms with van der Waals surface area (Å²) in [5.41, 5.74) is 10.4. The molecule has 136 valence electrons. The number of rotatable bonds is 4. The number of fused-ring (bicyclic) bond motifs is 2. The molecule has 0 saturated carbocycles. The molecule has 0 bridgehead atoms. The summed E-state index contributed by atoms with van der Waals surface area (Å²) in [5, 5.41) is 5.37. The van der Waals surface area contributed by atoms with Crippen LogP contribution >= 0.6 is 0 Å². The molecule has 4 N–H and O–H groups in total. The number of benzene rings is 3. The quantitative estimate of drug-likeness (QED) is 0.367. The molecule has 0 aliphatic carbocycles. The highest BCUT2D eigenvalue weighted by Gasteiger charge is 2.11. The summed E-state index contributed by atoms with van der Waals surface area (Å²) in [4.78, 5) is 4.71. The normalized spacial score (nSPS) is 11.6. The lowest BCUT2D eigenvalue weighted by Gasteiger charge is -2.15. The third-order valence-corrected chi connectivity index (χ3v) is 4.81. The number of anilines is 4. The molecule has 0 radical (unpaired) electrons. The zero-order chi connectivity index (χ0) is 19.0. The van der Waals surface area contributed by atoms with Crippen molar-refractivity contribution in [3.63, 3.8) is 0 Å². The van der Waals surface area contributed by atoms with Gasteiger partial charge in [0.15, 0.2) is 0 Å². The van der Waals surface area contributed by atoms with Crippen molar-refractivity contribution >= 4 is 54.6 Å². The Balaban J connectivity index is 1.83. The van der Waals surface area contributed by atoms with Crippen LogP contribution in [-0.4, -0.2) is 19.7 Å². The van der Waals surface area contributed by atoms with Gasteiger partial charge in [0.25, 0.3) is 0 Å². The van der Waals surface area contributed by atoms with Crippen LogP contribution in [0.3, 0.4) is 0 Å². The van der Waals surface area contributed by atoms with Crippen LogP contribution in [0.2, 0.25) is 0 Å². The highest BCUT2D eigenvalue weighted by atomic mass is 32.2. The average molecular weight is 378 g/mol. The summed E-state index contributed by atoms with van der Waals surface area (Å²) in [6.07, 6.45) is 1.10. The first-order chi connectivity index (χ1) is 12.9. The van der Waals surface area contributed by atoms with Crippen LogP contribution in [0.25, 0.3) is 21.8 Å². The second kappa shape index (κ2) is 6.44. The maximum absolute atomic E-state index is 11.4. The number of hydrogen-bond acceptors (Lipinski definition) is 5. The van der Waals surface area contributed by atoms with Crippen LogP contribution in [0.1, 0.15) is 0 Å². The van der Waals surface area contributed by atoms with Gasteiger partial charge in [-0.25, -0.2) is 13.4 Å². The van der Waals surface area contributed by atoms with E-state index >= 15 is 0 Å². The fraction of sp³-hybridized carbons (Fsp3) is 0.0500. The minimum Gasteiger partial charge on any atom is -0.397 e. The zero-order valence-electron chi connectivity index (χ0n) is 14.6. The van der Waals surface area contributed by atoms with Gasteiger partial charge in [-0.15, -0.1) is 0 Å². The van der Waals surface area contributed by atoms with E-state index in [2.05, 4.69) is 10.0 Å². The van der Waals surface area contributed by atoms with Crippen molar-refractivity contribution in [3.8, 4) is 0 Å². The van der Waals surface area contributed by atoms with Gasteiger partial charge in [-0.1, -0.05) is 36.4 Å². The molecule has 0 atom stereocenters. The van der Waals surface area contributed by atoms with Gasteiger partial charge in [-0.05, 0) is 30.3 Å². The minimum atomic E-state index is -3.36. The lowest BCUT2D eigenvalue weighted by atomic mass is 10.1. The lowest BCUT2D eigenvalue weighted by molar-refractivity contribution is 0.607. The largest absolute Gasteiger partial charge is 0.397 e. The van der Waals surface area contributed by atoms with E-state index in [0.717, 1.165) is 33.7 Å². The number of sulfonamides is 1. The fourth-order valence-corrected chi connectivity index (χ4v) is 3.62. The predicted octanol–water partition coefficient (Wildman–Crippen LogP) is 4.09. The Labute approximate surface area is 157 Å². The van der Waals surface area contributed by atoms with Crippen molar-refractivity contribution in [2.75, 3.05) is 22.0 Å². The number of hydrogen-bond donors (Lipinski definition) is 3. The van der Waals surface area contributed by atoms with Crippen LogP contribution < -0.4 is 15.8 Å². The van der Waals surface area contributed by atoms with E-state index in [1.54, 1.807) is 18.2 Å². The first kappa shape index (κ1) is 17.1. The molecule has 0 fully saturated rings. The molecule has 4 aromatic rings.